The second kappa shape index (κ2) is 5.63. The van der Waals surface area contributed by atoms with Gasteiger partial charge in [-0.1, -0.05) is 24.9 Å². The number of rotatable bonds is 2. The van der Waals surface area contributed by atoms with Crippen LogP contribution in [0.2, 0.25) is 5.15 Å². The first-order valence-corrected chi connectivity index (χ1v) is 7.62. The third-order valence-corrected chi connectivity index (χ3v) is 4.73. The summed E-state index contributed by atoms with van der Waals surface area (Å²) in [5.41, 5.74) is 0. The zero-order valence-corrected chi connectivity index (χ0v) is 12.2. The lowest BCUT2D eigenvalue weighted by Gasteiger charge is -2.46. The fourth-order valence-corrected chi connectivity index (χ4v) is 3.38. The molecule has 0 saturated carbocycles. The smallest absolute Gasteiger partial charge is 0.151 e. The van der Waals surface area contributed by atoms with E-state index in [9.17, 15) is 0 Å². The van der Waals surface area contributed by atoms with Crippen LogP contribution < -0.4 is 4.90 Å². The van der Waals surface area contributed by atoms with Crippen LogP contribution in [0.1, 0.15) is 26.2 Å². The Morgan fingerprint density at radius 1 is 1.21 bits per heavy atom. The highest BCUT2D eigenvalue weighted by atomic mass is 35.5. The Morgan fingerprint density at radius 3 is 2.84 bits per heavy atom. The third kappa shape index (κ3) is 2.84. The van der Waals surface area contributed by atoms with Crippen LogP contribution in [-0.2, 0) is 0 Å². The van der Waals surface area contributed by atoms with Gasteiger partial charge in [0, 0.05) is 32.2 Å². The molecular formula is C14H21ClN4. The molecule has 2 saturated heterocycles. The van der Waals surface area contributed by atoms with E-state index < -0.39 is 0 Å². The summed E-state index contributed by atoms with van der Waals surface area (Å²) < 4.78 is 0. The van der Waals surface area contributed by atoms with E-state index in [2.05, 4.69) is 26.9 Å². The number of piperidine rings is 1. The zero-order chi connectivity index (χ0) is 13.2. The number of halogens is 1. The van der Waals surface area contributed by atoms with Crippen molar-refractivity contribution in [1.29, 1.82) is 0 Å². The minimum Gasteiger partial charge on any atom is -0.352 e. The van der Waals surface area contributed by atoms with Crippen LogP contribution in [-0.4, -0.2) is 47.3 Å². The Balaban J connectivity index is 1.65. The summed E-state index contributed by atoms with van der Waals surface area (Å²) in [6.45, 7) is 6.85. The van der Waals surface area contributed by atoms with Crippen LogP contribution in [0.5, 0.6) is 0 Å². The van der Waals surface area contributed by atoms with Crippen molar-refractivity contribution in [3.05, 3.63) is 17.3 Å². The lowest BCUT2D eigenvalue weighted by molar-refractivity contribution is 0.0939. The zero-order valence-electron chi connectivity index (χ0n) is 11.4. The van der Waals surface area contributed by atoms with Gasteiger partial charge in [0.15, 0.2) is 11.0 Å². The Morgan fingerprint density at radius 2 is 2.11 bits per heavy atom. The normalized spacial score (nSPS) is 28.2. The molecule has 1 aromatic heterocycles. The highest BCUT2D eigenvalue weighted by Gasteiger charge is 2.32. The Bertz CT molecular complexity index is 422. The topological polar surface area (TPSA) is 32.3 Å². The largest absolute Gasteiger partial charge is 0.352 e. The predicted molar refractivity (Wildman–Crippen MR) is 77.6 cm³/mol. The quantitative estimate of drug-likeness (QED) is 0.833. The number of anilines is 1. The molecular weight excluding hydrogens is 260 g/mol. The van der Waals surface area contributed by atoms with Gasteiger partial charge in [-0.25, -0.2) is 0 Å². The molecule has 2 aliphatic heterocycles. The average molecular weight is 281 g/mol. The summed E-state index contributed by atoms with van der Waals surface area (Å²) in [7, 11) is 0. The summed E-state index contributed by atoms with van der Waals surface area (Å²) >= 11 is 5.79. The molecule has 4 nitrogen and oxygen atoms in total. The first kappa shape index (κ1) is 13.1. The number of hydrogen-bond acceptors (Lipinski definition) is 4. The van der Waals surface area contributed by atoms with Gasteiger partial charge in [0.2, 0.25) is 0 Å². The lowest BCUT2D eigenvalue weighted by Crippen LogP contribution is -2.56. The van der Waals surface area contributed by atoms with E-state index >= 15 is 0 Å². The van der Waals surface area contributed by atoms with E-state index in [4.69, 9.17) is 11.6 Å². The van der Waals surface area contributed by atoms with Crippen molar-refractivity contribution in [2.24, 2.45) is 5.92 Å². The monoisotopic (exact) mass is 280 g/mol. The number of fused-ring (bicyclic) bond motifs is 1. The van der Waals surface area contributed by atoms with Crippen molar-refractivity contribution in [2.45, 2.75) is 32.2 Å². The summed E-state index contributed by atoms with van der Waals surface area (Å²) in [6, 6.07) is 4.49. The molecule has 0 aromatic carbocycles. The summed E-state index contributed by atoms with van der Waals surface area (Å²) in [4.78, 5) is 5.01. The summed E-state index contributed by atoms with van der Waals surface area (Å²) in [6.07, 6.45) is 4.00. The maximum Gasteiger partial charge on any atom is 0.151 e. The fourth-order valence-electron chi connectivity index (χ4n) is 3.28. The molecule has 0 spiro atoms. The molecule has 1 unspecified atom stereocenters. The molecule has 2 fully saturated rings. The van der Waals surface area contributed by atoms with Gasteiger partial charge in [-0.05, 0) is 30.9 Å². The van der Waals surface area contributed by atoms with Gasteiger partial charge < -0.3 is 4.90 Å². The maximum absolute atomic E-state index is 5.79. The van der Waals surface area contributed by atoms with Crippen molar-refractivity contribution >= 4 is 17.4 Å². The highest BCUT2D eigenvalue weighted by molar-refractivity contribution is 6.29. The molecule has 3 heterocycles. The molecule has 2 aliphatic rings. The second-order valence-electron chi connectivity index (χ2n) is 5.66. The second-order valence-corrected chi connectivity index (χ2v) is 6.05. The van der Waals surface area contributed by atoms with Crippen molar-refractivity contribution in [2.75, 3.05) is 31.1 Å². The maximum atomic E-state index is 5.79. The van der Waals surface area contributed by atoms with Crippen molar-refractivity contribution in [3.8, 4) is 0 Å². The summed E-state index contributed by atoms with van der Waals surface area (Å²) in [5.74, 6) is 1.86. The van der Waals surface area contributed by atoms with Gasteiger partial charge in [0.1, 0.15) is 0 Å². The van der Waals surface area contributed by atoms with Crippen molar-refractivity contribution < 1.29 is 0 Å². The fraction of sp³-hybridized carbons (Fsp3) is 0.714. The lowest BCUT2D eigenvalue weighted by atomic mass is 9.89. The Kier molecular flexibility index (Phi) is 3.89. The van der Waals surface area contributed by atoms with Crippen LogP contribution >= 0.6 is 11.6 Å². The third-order valence-electron chi connectivity index (χ3n) is 4.52. The Hall–Kier alpha value is -0.870. The Labute approximate surface area is 119 Å². The first-order valence-electron chi connectivity index (χ1n) is 7.24. The molecule has 104 valence electrons. The van der Waals surface area contributed by atoms with Gasteiger partial charge in [-0.3, -0.25) is 4.90 Å². The first-order chi connectivity index (χ1) is 9.26. The molecule has 0 aliphatic carbocycles. The molecule has 1 aromatic rings. The van der Waals surface area contributed by atoms with Gasteiger partial charge in [-0.15, -0.1) is 10.2 Å². The van der Waals surface area contributed by atoms with Gasteiger partial charge in [-0.2, -0.15) is 0 Å². The minimum atomic E-state index is 0.464. The van der Waals surface area contributed by atoms with Crippen LogP contribution in [0, 0.1) is 5.92 Å². The molecule has 0 bridgehead atoms. The van der Waals surface area contributed by atoms with Gasteiger partial charge >= 0.3 is 0 Å². The van der Waals surface area contributed by atoms with Crippen LogP contribution in [0.3, 0.4) is 0 Å². The van der Waals surface area contributed by atoms with E-state index in [1.54, 1.807) is 0 Å². The highest BCUT2D eigenvalue weighted by Crippen LogP contribution is 2.28. The van der Waals surface area contributed by atoms with Crippen LogP contribution in [0.4, 0.5) is 5.82 Å². The standard InChI is InChI=1S/C14H21ClN4/c1-2-11-3-4-12-10-19(8-7-18(12)9-11)14-6-5-13(15)16-17-14/h5-6,11-12H,2-4,7-10H2,1H3/t11-,12?/m1/s1. The van der Waals surface area contributed by atoms with E-state index in [-0.39, 0.29) is 0 Å². The van der Waals surface area contributed by atoms with Gasteiger partial charge in [0.05, 0.1) is 0 Å². The molecule has 0 radical (unpaired) electrons. The number of hydrogen-bond donors (Lipinski definition) is 0. The molecule has 0 N–H and O–H groups in total. The SMILES string of the molecule is CC[C@@H]1CCC2CN(c3ccc(Cl)nn3)CCN2C1. The number of piperazine rings is 1. The molecule has 3 rings (SSSR count). The molecule has 5 heteroatoms. The molecule has 19 heavy (non-hydrogen) atoms. The van der Waals surface area contributed by atoms with Crippen molar-refractivity contribution in [1.82, 2.24) is 15.1 Å². The predicted octanol–water partition coefficient (Wildman–Crippen LogP) is 2.44. The minimum absolute atomic E-state index is 0.464. The van der Waals surface area contributed by atoms with Gasteiger partial charge in [0.25, 0.3) is 0 Å². The summed E-state index contributed by atoms with van der Waals surface area (Å²) in [5, 5.41) is 8.60. The number of nitrogens with zero attached hydrogens (tertiary/aromatic N) is 4. The average Bonchev–Trinajstić information content (AvgIpc) is 2.47. The van der Waals surface area contributed by atoms with Crippen LogP contribution in [0.15, 0.2) is 12.1 Å². The van der Waals surface area contributed by atoms with Crippen molar-refractivity contribution in [3.63, 3.8) is 0 Å². The molecule has 2 atom stereocenters. The molecule has 0 amide bonds. The number of aromatic nitrogens is 2. The van der Waals surface area contributed by atoms with Crippen LogP contribution in [0.25, 0.3) is 0 Å². The van der Waals surface area contributed by atoms with E-state index in [1.807, 2.05) is 12.1 Å². The van der Waals surface area contributed by atoms with E-state index in [1.165, 1.54) is 25.8 Å². The van der Waals surface area contributed by atoms with E-state index in [0.29, 0.717) is 11.2 Å². The van der Waals surface area contributed by atoms with E-state index in [0.717, 1.165) is 31.4 Å².